The third kappa shape index (κ3) is 4.87. The van der Waals surface area contributed by atoms with Crippen molar-refractivity contribution in [2.24, 2.45) is 0 Å². The van der Waals surface area contributed by atoms with Crippen LogP contribution in [0.5, 0.6) is 0 Å². The number of halogens is 2. The van der Waals surface area contributed by atoms with E-state index in [9.17, 15) is 9.59 Å². The molecule has 0 bridgehead atoms. The number of carbonyl (C=O) groups excluding carboxylic acids is 2. The Morgan fingerprint density at radius 3 is 2.11 bits per heavy atom. The highest BCUT2D eigenvalue weighted by Gasteiger charge is 2.09. The van der Waals surface area contributed by atoms with Crippen molar-refractivity contribution in [3.05, 3.63) is 76.2 Å². The topological polar surface area (TPSA) is 84.2 Å². The van der Waals surface area contributed by atoms with Gasteiger partial charge in [-0.2, -0.15) is 0 Å². The molecule has 27 heavy (non-hydrogen) atoms. The Morgan fingerprint density at radius 2 is 1.52 bits per heavy atom. The molecule has 3 aromatic rings. The molecule has 0 aliphatic rings. The van der Waals surface area contributed by atoms with Crippen molar-refractivity contribution in [2.45, 2.75) is 0 Å². The average molecular weight is 404 g/mol. The van der Waals surface area contributed by atoms with Crippen LogP contribution in [-0.4, -0.2) is 29.9 Å². The Bertz CT molecular complexity index is 941. The summed E-state index contributed by atoms with van der Waals surface area (Å²) in [5.74, 6) is 0.106. The molecule has 0 aliphatic carbocycles. The maximum atomic E-state index is 12.1. The van der Waals surface area contributed by atoms with Crippen LogP contribution in [0.1, 0.15) is 20.7 Å². The van der Waals surface area contributed by atoms with Crippen LogP contribution >= 0.6 is 23.2 Å². The summed E-state index contributed by atoms with van der Waals surface area (Å²) in [7, 11) is 0. The molecule has 0 saturated carbocycles. The molecule has 0 spiro atoms. The zero-order valence-electron chi connectivity index (χ0n) is 14.0. The van der Waals surface area contributed by atoms with E-state index in [0.29, 0.717) is 26.9 Å². The van der Waals surface area contributed by atoms with Crippen LogP contribution in [0.2, 0.25) is 10.0 Å². The van der Waals surface area contributed by atoms with Crippen molar-refractivity contribution in [2.75, 3.05) is 13.1 Å². The molecule has 2 N–H and O–H groups in total. The molecule has 8 heteroatoms. The van der Waals surface area contributed by atoms with Gasteiger partial charge in [-0.15, -0.1) is 0 Å². The summed E-state index contributed by atoms with van der Waals surface area (Å²) < 4.78 is 5.20. The van der Waals surface area contributed by atoms with Gasteiger partial charge in [0.15, 0.2) is 12.2 Å². The van der Waals surface area contributed by atoms with E-state index < -0.39 is 0 Å². The quantitative estimate of drug-likeness (QED) is 0.612. The summed E-state index contributed by atoms with van der Waals surface area (Å²) in [5, 5.41) is 6.14. The van der Waals surface area contributed by atoms with Crippen LogP contribution in [-0.2, 0) is 0 Å². The van der Waals surface area contributed by atoms with Gasteiger partial charge in [-0.25, -0.2) is 4.98 Å². The molecule has 0 saturated heterocycles. The molecule has 1 aromatic heterocycles. The second kappa shape index (κ2) is 8.70. The minimum absolute atomic E-state index is 0.233. The molecule has 6 nitrogen and oxygen atoms in total. The van der Waals surface area contributed by atoms with Crippen molar-refractivity contribution in [3.8, 4) is 11.3 Å². The van der Waals surface area contributed by atoms with E-state index >= 15 is 0 Å². The molecular formula is C19H15Cl2N3O3. The predicted octanol–water partition coefficient (Wildman–Crippen LogP) is 3.81. The molecule has 0 aliphatic heterocycles. The molecular weight excluding hydrogens is 389 g/mol. The van der Waals surface area contributed by atoms with E-state index in [0.717, 1.165) is 5.56 Å². The monoisotopic (exact) mass is 403 g/mol. The first-order valence-electron chi connectivity index (χ1n) is 8.05. The molecule has 2 aromatic carbocycles. The Morgan fingerprint density at radius 1 is 0.889 bits per heavy atom. The van der Waals surface area contributed by atoms with E-state index in [-0.39, 0.29) is 24.9 Å². The lowest BCUT2D eigenvalue weighted by molar-refractivity contribution is 0.0927. The van der Waals surface area contributed by atoms with Gasteiger partial charge >= 0.3 is 0 Å². The van der Waals surface area contributed by atoms with Gasteiger partial charge in [0.2, 0.25) is 0 Å². The lowest BCUT2D eigenvalue weighted by Gasteiger charge is -2.08. The minimum atomic E-state index is -0.292. The van der Waals surface area contributed by atoms with Crippen LogP contribution in [0.4, 0.5) is 0 Å². The number of hydrogen-bond acceptors (Lipinski definition) is 4. The van der Waals surface area contributed by atoms with E-state index in [1.54, 1.807) is 42.6 Å². The number of aromatic nitrogens is 1. The normalized spacial score (nSPS) is 10.4. The summed E-state index contributed by atoms with van der Waals surface area (Å²) in [5.41, 5.74) is 1.74. The number of oxazole rings is 1. The number of amides is 2. The van der Waals surface area contributed by atoms with Crippen molar-refractivity contribution in [1.29, 1.82) is 0 Å². The van der Waals surface area contributed by atoms with Crippen molar-refractivity contribution < 1.29 is 14.0 Å². The number of hydrogen-bond donors (Lipinski definition) is 2. The van der Waals surface area contributed by atoms with Gasteiger partial charge in [-0.05, 0) is 30.3 Å². The van der Waals surface area contributed by atoms with E-state index in [1.807, 2.05) is 0 Å². The number of carbonyl (C=O) groups is 2. The van der Waals surface area contributed by atoms with Gasteiger partial charge in [0.25, 0.3) is 11.8 Å². The lowest BCUT2D eigenvalue weighted by atomic mass is 10.1. The van der Waals surface area contributed by atoms with Crippen LogP contribution in [0.15, 0.2) is 59.5 Å². The molecule has 2 amide bonds. The maximum absolute atomic E-state index is 12.1. The Labute approximate surface area is 165 Å². The Hall–Kier alpha value is -2.83. The van der Waals surface area contributed by atoms with Crippen LogP contribution in [0.3, 0.4) is 0 Å². The third-order valence-corrected chi connectivity index (χ3v) is 4.48. The first-order chi connectivity index (χ1) is 13.0. The fourth-order valence-electron chi connectivity index (χ4n) is 2.34. The summed E-state index contributed by atoms with van der Waals surface area (Å²) in [6, 6.07) is 11.6. The molecule has 0 radical (unpaired) electrons. The smallest absolute Gasteiger partial charge is 0.251 e. The number of nitrogens with one attached hydrogen (secondary N) is 2. The number of rotatable bonds is 6. The molecule has 1 heterocycles. The van der Waals surface area contributed by atoms with Gasteiger partial charge in [-0.1, -0.05) is 35.3 Å². The molecule has 0 unspecified atom stereocenters. The fraction of sp³-hybridized carbons (Fsp3) is 0.105. The highest BCUT2D eigenvalue weighted by Crippen LogP contribution is 2.22. The van der Waals surface area contributed by atoms with Crippen LogP contribution in [0.25, 0.3) is 11.3 Å². The second-order valence-electron chi connectivity index (χ2n) is 5.58. The van der Waals surface area contributed by atoms with Gasteiger partial charge in [0.1, 0.15) is 0 Å². The third-order valence-electron chi connectivity index (χ3n) is 3.74. The highest BCUT2D eigenvalue weighted by atomic mass is 35.5. The molecule has 0 atom stereocenters. The standard InChI is InChI=1S/C19H15Cl2N3O3/c20-15-6-5-14(9-16(15)21)19(26)24-8-7-23-18(25)13-3-1-12(2-4-13)17-10-22-11-27-17/h1-6,9-11H,7-8H2,(H,23,25)(H,24,26). The van der Waals surface area contributed by atoms with E-state index in [2.05, 4.69) is 15.6 Å². The lowest BCUT2D eigenvalue weighted by Crippen LogP contribution is -2.34. The fourth-order valence-corrected chi connectivity index (χ4v) is 2.64. The summed E-state index contributed by atoms with van der Waals surface area (Å²) in [6.45, 7) is 0.566. The summed E-state index contributed by atoms with van der Waals surface area (Å²) in [6.07, 6.45) is 2.95. The SMILES string of the molecule is O=C(NCCNC(=O)c1ccc(Cl)c(Cl)c1)c1ccc(-c2cnco2)cc1. The van der Waals surface area contributed by atoms with Gasteiger partial charge in [0.05, 0.1) is 16.2 Å². The van der Waals surface area contributed by atoms with Crippen LogP contribution < -0.4 is 10.6 Å². The number of nitrogens with zero attached hydrogens (tertiary/aromatic N) is 1. The molecule has 3 rings (SSSR count). The zero-order valence-corrected chi connectivity index (χ0v) is 15.6. The molecule has 0 fully saturated rings. The highest BCUT2D eigenvalue weighted by molar-refractivity contribution is 6.42. The Kier molecular flexibility index (Phi) is 6.11. The maximum Gasteiger partial charge on any atom is 0.251 e. The van der Waals surface area contributed by atoms with Crippen molar-refractivity contribution >= 4 is 35.0 Å². The van der Waals surface area contributed by atoms with Crippen LogP contribution in [0, 0.1) is 0 Å². The van der Waals surface area contributed by atoms with Crippen molar-refractivity contribution in [1.82, 2.24) is 15.6 Å². The van der Waals surface area contributed by atoms with Crippen molar-refractivity contribution in [3.63, 3.8) is 0 Å². The zero-order chi connectivity index (χ0) is 19.2. The summed E-state index contributed by atoms with van der Waals surface area (Å²) >= 11 is 11.7. The summed E-state index contributed by atoms with van der Waals surface area (Å²) in [4.78, 5) is 28.0. The van der Waals surface area contributed by atoms with Gasteiger partial charge in [0, 0.05) is 29.8 Å². The largest absolute Gasteiger partial charge is 0.444 e. The van der Waals surface area contributed by atoms with E-state index in [1.165, 1.54) is 12.5 Å². The van der Waals surface area contributed by atoms with E-state index in [4.69, 9.17) is 27.6 Å². The van der Waals surface area contributed by atoms with Gasteiger partial charge < -0.3 is 15.1 Å². The first kappa shape index (κ1) is 18.9. The second-order valence-corrected chi connectivity index (χ2v) is 6.40. The Balaban J connectivity index is 1.46. The predicted molar refractivity (Wildman–Crippen MR) is 103 cm³/mol. The first-order valence-corrected chi connectivity index (χ1v) is 8.80. The molecule has 138 valence electrons. The minimum Gasteiger partial charge on any atom is -0.444 e. The number of benzene rings is 2. The average Bonchev–Trinajstić information content (AvgIpc) is 3.22. The van der Waals surface area contributed by atoms with Gasteiger partial charge in [-0.3, -0.25) is 9.59 Å².